The quantitative estimate of drug-likeness (QED) is 0.0850. The number of ether oxygens (including phenoxy) is 2. The van der Waals surface area contributed by atoms with Gasteiger partial charge in [-0.2, -0.15) is 0 Å². The predicted octanol–water partition coefficient (Wildman–Crippen LogP) is 6.65. The molecule has 0 aliphatic heterocycles. The van der Waals surface area contributed by atoms with Gasteiger partial charge in [0.1, 0.15) is 0 Å². The zero-order valence-corrected chi connectivity index (χ0v) is 24.1. The maximum atomic E-state index is 12.8. The molecule has 0 aliphatic carbocycles. The summed E-state index contributed by atoms with van der Waals surface area (Å²) in [6.07, 6.45) is 6.59. The zero-order chi connectivity index (χ0) is 29.2. The summed E-state index contributed by atoms with van der Waals surface area (Å²) in [5, 5.41) is 7.05. The van der Waals surface area contributed by atoms with Gasteiger partial charge in [0.2, 0.25) is 0 Å². The van der Waals surface area contributed by atoms with Gasteiger partial charge in [-0.15, -0.1) is 0 Å². The number of rotatable bonds is 17. The fourth-order valence-electron chi connectivity index (χ4n) is 4.55. The highest BCUT2D eigenvalue weighted by molar-refractivity contribution is 5.93. The Labute approximate surface area is 249 Å². The number of benzene rings is 4. The number of unbranched alkanes of at least 4 members (excludes halogenated alkanes) is 3. The third-order valence-electron chi connectivity index (χ3n) is 6.91. The Morgan fingerprint density at radius 3 is 1.50 bits per heavy atom. The molecule has 0 amide bonds. The normalized spacial score (nSPS) is 10.8. The van der Waals surface area contributed by atoms with Crippen LogP contribution in [-0.2, 0) is 12.8 Å². The molecule has 0 unspecified atom stereocenters. The Bertz CT molecular complexity index is 1360. The molecular weight excluding hydrogens is 524 g/mol. The van der Waals surface area contributed by atoms with E-state index in [4.69, 9.17) is 9.47 Å². The van der Waals surface area contributed by atoms with Crippen LogP contribution in [0, 0.1) is 0 Å². The lowest BCUT2D eigenvalue weighted by atomic mass is 10.1. The highest BCUT2D eigenvalue weighted by atomic mass is 16.6. The number of hydrogen-bond donors (Lipinski definition) is 2. The minimum absolute atomic E-state index is 0.208. The molecule has 42 heavy (non-hydrogen) atoms. The van der Waals surface area contributed by atoms with Crippen LogP contribution in [0.4, 0.5) is 0 Å². The molecule has 0 atom stereocenters. The van der Waals surface area contributed by atoms with Crippen molar-refractivity contribution in [2.75, 3.05) is 26.2 Å². The van der Waals surface area contributed by atoms with Crippen LogP contribution in [0.5, 0.6) is 11.5 Å². The SMILES string of the molecule is O=C(Oc1ccc(CCNCCCCCCNCCc2ccccc2)cc1OC(=O)c1ccccc1)c1ccccc1. The van der Waals surface area contributed by atoms with E-state index in [2.05, 4.69) is 41.0 Å². The van der Waals surface area contributed by atoms with Crippen molar-refractivity contribution in [3.05, 3.63) is 131 Å². The van der Waals surface area contributed by atoms with E-state index in [9.17, 15) is 9.59 Å². The molecule has 0 aromatic heterocycles. The van der Waals surface area contributed by atoms with E-state index in [-0.39, 0.29) is 11.5 Å². The van der Waals surface area contributed by atoms with Crippen LogP contribution in [0.3, 0.4) is 0 Å². The Morgan fingerprint density at radius 1 is 0.476 bits per heavy atom. The first-order valence-electron chi connectivity index (χ1n) is 14.8. The molecule has 4 aromatic carbocycles. The van der Waals surface area contributed by atoms with Gasteiger partial charge in [0.05, 0.1) is 11.1 Å². The largest absolute Gasteiger partial charge is 0.419 e. The molecule has 218 valence electrons. The van der Waals surface area contributed by atoms with E-state index >= 15 is 0 Å². The Balaban J connectivity index is 1.18. The molecule has 6 nitrogen and oxygen atoms in total. The van der Waals surface area contributed by atoms with E-state index in [0.29, 0.717) is 11.1 Å². The van der Waals surface area contributed by atoms with Gasteiger partial charge in [0.25, 0.3) is 0 Å². The lowest BCUT2D eigenvalue weighted by Crippen LogP contribution is -2.19. The highest BCUT2D eigenvalue weighted by Gasteiger charge is 2.17. The van der Waals surface area contributed by atoms with Crippen LogP contribution in [0.25, 0.3) is 0 Å². The molecule has 0 aliphatic rings. The molecule has 0 saturated heterocycles. The molecule has 0 saturated carbocycles. The molecule has 0 fully saturated rings. The first kappa shape index (κ1) is 30.7. The van der Waals surface area contributed by atoms with Crippen molar-refractivity contribution in [2.45, 2.75) is 38.5 Å². The van der Waals surface area contributed by atoms with Gasteiger partial charge in [-0.1, -0.05) is 85.6 Å². The van der Waals surface area contributed by atoms with Gasteiger partial charge in [-0.3, -0.25) is 0 Å². The lowest BCUT2D eigenvalue weighted by Gasteiger charge is -2.13. The number of carbonyl (C=O) groups excluding carboxylic acids is 2. The van der Waals surface area contributed by atoms with Gasteiger partial charge in [0.15, 0.2) is 11.5 Å². The second-order valence-corrected chi connectivity index (χ2v) is 10.2. The van der Waals surface area contributed by atoms with Crippen molar-refractivity contribution in [3.63, 3.8) is 0 Å². The number of esters is 2. The van der Waals surface area contributed by atoms with Crippen LogP contribution in [-0.4, -0.2) is 38.1 Å². The molecular formula is C36H40N2O4. The minimum Gasteiger partial charge on any atom is -0.419 e. The summed E-state index contributed by atoms with van der Waals surface area (Å²) in [4.78, 5) is 25.4. The fraction of sp³-hybridized carbons (Fsp3) is 0.278. The molecule has 6 heteroatoms. The summed E-state index contributed by atoms with van der Waals surface area (Å²) in [6.45, 7) is 3.85. The predicted molar refractivity (Wildman–Crippen MR) is 167 cm³/mol. The number of carbonyl (C=O) groups is 2. The fourth-order valence-corrected chi connectivity index (χ4v) is 4.55. The third-order valence-corrected chi connectivity index (χ3v) is 6.91. The topological polar surface area (TPSA) is 76.7 Å². The lowest BCUT2D eigenvalue weighted by molar-refractivity contribution is 0.0682. The number of hydrogen-bond acceptors (Lipinski definition) is 6. The van der Waals surface area contributed by atoms with Crippen LogP contribution < -0.4 is 20.1 Å². The molecule has 2 N–H and O–H groups in total. The van der Waals surface area contributed by atoms with Crippen molar-refractivity contribution in [1.82, 2.24) is 10.6 Å². The van der Waals surface area contributed by atoms with Gasteiger partial charge < -0.3 is 20.1 Å². The van der Waals surface area contributed by atoms with Crippen molar-refractivity contribution >= 4 is 11.9 Å². The summed E-state index contributed by atoms with van der Waals surface area (Å²) in [5.41, 5.74) is 3.21. The van der Waals surface area contributed by atoms with Crippen molar-refractivity contribution in [3.8, 4) is 11.5 Å². The van der Waals surface area contributed by atoms with Crippen LogP contribution in [0.15, 0.2) is 109 Å². The molecule has 4 rings (SSSR count). The summed E-state index contributed by atoms with van der Waals surface area (Å²) in [6, 6.07) is 33.5. The molecule has 0 spiro atoms. The number of nitrogens with one attached hydrogen (secondary N) is 2. The van der Waals surface area contributed by atoms with E-state index < -0.39 is 11.9 Å². The Kier molecular flexibility index (Phi) is 12.8. The van der Waals surface area contributed by atoms with Crippen molar-refractivity contribution < 1.29 is 19.1 Å². The summed E-state index contributed by atoms with van der Waals surface area (Å²) < 4.78 is 11.3. The first-order chi connectivity index (χ1) is 20.7. The zero-order valence-electron chi connectivity index (χ0n) is 24.1. The van der Waals surface area contributed by atoms with E-state index in [0.717, 1.165) is 51.0 Å². The van der Waals surface area contributed by atoms with Crippen molar-refractivity contribution in [1.29, 1.82) is 0 Å². The summed E-state index contributed by atoms with van der Waals surface area (Å²) in [7, 11) is 0. The van der Waals surface area contributed by atoms with Crippen molar-refractivity contribution in [2.24, 2.45) is 0 Å². The summed E-state index contributed by atoms with van der Waals surface area (Å²) >= 11 is 0. The monoisotopic (exact) mass is 564 g/mol. The molecule has 0 heterocycles. The van der Waals surface area contributed by atoms with Crippen LogP contribution in [0.1, 0.15) is 57.5 Å². The van der Waals surface area contributed by atoms with Gasteiger partial charge in [0, 0.05) is 0 Å². The average Bonchev–Trinajstić information content (AvgIpc) is 3.04. The highest BCUT2D eigenvalue weighted by Crippen LogP contribution is 2.30. The second-order valence-electron chi connectivity index (χ2n) is 10.2. The molecule has 0 radical (unpaired) electrons. The van der Waals surface area contributed by atoms with Crippen LogP contribution in [0.2, 0.25) is 0 Å². The maximum absolute atomic E-state index is 12.8. The minimum atomic E-state index is -0.509. The first-order valence-corrected chi connectivity index (χ1v) is 14.8. The van der Waals surface area contributed by atoms with Gasteiger partial charge in [-0.05, 0) is 99.4 Å². The Morgan fingerprint density at radius 2 is 0.952 bits per heavy atom. The van der Waals surface area contributed by atoms with E-state index in [1.54, 1.807) is 60.7 Å². The second kappa shape index (κ2) is 17.5. The molecule has 4 aromatic rings. The van der Waals surface area contributed by atoms with Gasteiger partial charge >= 0.3 is 11.9 Å². The summed E-state index contributed by atoms with van der Waals surface area (Å²) in [5.74, 6) is -0.582. The van der Waals surface area contributed by atoms with Gasteiger partial charge in [-0.25, -0.2) is 9.59 Å². The Hall–Kier alpha value is -4.26. The molecule has 0 bridgehead atoms. The smallest absolute Gasteiger partial charge is 0.343 e. The average molecular weight is 565 g/mol. The maximum Gasteiger partial charge on any atom is 0.343 e. The van der Waals surface area contributed by atoms with E-state index in [1.807, 2.05) is 18.2 Å². The van der Waals surface area contributed by atoms with Crippen LogP contribution >= 0.6 is 0 Å². The standard InChI is InChI=1S/C36H40N2O4/c39-35(31-16-8-4-9-17-31)41-33-21-20-30(28-34(33)42-36(40)32-18-10-5-11-19-32)23-27-38-25-13-2-1-12-24-37-26-22-29-14-6-3-7-15-29/h3-11,14-21,28,37-38H,1-2,12-13,22-27H2. The van der Waals surface area contributed by atoms with E-state index in [1.165, 1.54) is 24.8 Å². The third kappa shape index (κ3) is 10.6.